The Hall–Kier alpha value is -1.62. The SMILES string of the molecule is CCOC(=O)CCN(C)c1cc(CNC(C)CC)ccc1F. The molecule has 0 radical (unpaired) electrons. The van der Waals surface area contributed by atoms with E-state index in [0.29, 0.717) is 31.4 Å². The van der Waals surface area contributed by atoms with Crippen molar-refractivity contribution < 1.29 is 13.9 Å². The number of carbonyl (C=O) groups excluding carboxylic acids is 1. The Morgan fingerprint density at radius 3 is 2.77 bits per heavy atom. The summed E-state index contributed by atoms with van der Waals surface area (Å²) in [6.07, 6.45) is 1.30. The predicted octanol–water partition coefficient (Wildman–Crippen LogP) is 3.10. The maximum absolute atomic E-state index is 14.0. The monoisotopic (exact) mass is 310 g/mol. The molecule has 0 aliphatic rings. The molecule has 4 nitrogen and oxygen atoms in total. The van der Waals surface area contributed by atoms with E-state index < -0.39 is 0 Å². The maximum atomic E-state index is 14.0. The fraction of sp³-hybridized carbons (Fsp3) is 0.588. The normalized spacial score (nSPS) is 12.0. The van der Waals surface area contributed by atoms with Gasteiger partial charge in [-0.2, -0.15) is 0 Å². The van der Waals surface area contributed by atoms with Crippen LogP contribution in [0.2, 0.25) is 0 Å². The molecule has 124 valence electrons. The van der Waals surface area contributed by atoms with Gasteiger partial charge in [-0.3, -0.25) is 4.79 Å². The van der Waals surface area contributed by atoms with Crippen molar-refractivity contribution >= 4 is 11.7 Å². The Morgan fingerprint density at radius 2 is 2.14 bits per heavy atom. The van der Waals surface area contributed by atoms with Gasteiger partial charge >= 0.3 is 5.97 Å². The molecule has 22 heavy (non-hydrogen) atoms. The smallest absolute Gasteiger partial charge is 0.307 e. The van der Waals surface area contributed by atoms with Gasteiger partial charge in [0.25, 0.3) is 0 Å². The minimum atomic E-state index is -0.279. The van der Waals surface area contributed by atoms with Crippen LogP contribution in [0.15, 0.2) is 18.2 Å². The summed E-state index contributed by atoms with van der Waals surface area (Å²) < 4.78 is 18.9. The molecular weight excluding hydrogens is 283 g/mol. The van der Waals surface area contributed by atoms with E-state index in [1.54, 1.807) is 24.9 Å². The van der Waals surface area contributed by atoms with Crippen LogP contribution in [0, 0.1) is 5.82 Å². The standard InChI is InChI=1S/C17H27FN2O2/c1-5-13(3)19-12-14-7-8-15(18)16(11-14)20(4)10-9-17(21)22-6-2/h7-8,11,13,19H,5-6,9-10,12H2,1-4H3. The van der Waals surface area contributed by atoms with Crippen LogP contribution in [-0.4, -0.2) is 32.2 Å². The van der Waals surface area contributed by atoms with E-state index in [1.165, 1.54) is 6.07 Å². The van der Waals surface area contributed by atoms with E-state index in [1.807, 2.05) is 6.07 Å². The van der Waals surface area contributed by atoms with E-state index in [0.717, 1.165) is 12.0 Å². The van der Waals surface area contributed by atoms with Gasteiger partial charge in [0.1, 0.15) is 5.82 Å². The molecule has 0 amide bonds. The molecule has 0 spiro atoms. The number of rotatable bonds is 9. The van der Waals surface area contributed by atoms with Crippen LogP contribution in [-0.2, 0) is 16.1 Å². The molecule has 1 rings (SSSR count). The van der Waals surface area contributed by atoms with Gasteiger partial charge < -0.3 is 15.0 Å². The Bertz CT molecular complexity index is 480. The Balaban J connectivity index is 2.66. The van der Waals surface area contributed by atoms with E-state index in [9.17, 15) is 9.18 Å². The van der Waals surface area contributed by atoms with Gasteiger partial charge in [0.2, 0.25) is 0 Å². The number of esters is 1. The lowest BCUT2D eigenvalue weighted by molar-refractivity contribution is -0.142. The van der Waals surface area contributed by atoms with Crippen molar-refractivity contribution in [2.24, 2.45) is 0 Å². The van der Waals surface area contributed by atoms with Crippen LogP contribution >= 0.6 is 0 Å². The first-order chi connectivity index (χ1) is 10.5. The molecular formula is C17H27FN2O2. The average Bonchev–Trinajstić information content (AvgIpc) is 2.51. The highest BCUT2D eigenvalue weighted by molar-refractivity contribution is 5.70. The Morgan fingerprint density at radius 1 is 1.41 bits per heavy atom. The minimum Gasteiger partial charge on any atom is -0.466 e. The molecule has 0 aromatic heterocycles. The molecule has 1 unspecified atom stereocenters. The van der Waals surface area contributed by atoms with Gasteiger partial charge in [-0.1, -0.05) is 13.0 Å². The zero-order chi connectivity index (χ0) is 16.5. The Labute approximate surface area is 132 Å². The molecule has 1 aromatic carbocycles. The molecule has 0 fully saturated rings. The van der Waals surface area contributed by atoms with E-state index in [4.69, 9.17) is 4.74 Å². The lowest BCUT2D eigenvalue weighted by Gasteiger charge is -2.21. The van der Waals surface area contributed by atoms with Gasteiger partial charge in [-0.15, -0.1) is 0 Å². The summed E-state index contributed by atoms with van der Waals surface area (Å²) in [5.41, 5.74) is 1.53. The lowest BCUT2D eigenvalue weighted by atomic mass is 10.1. The molecule has 0 aliphatic carbocycles. The molecule has 1 atom stereocenters. The molecule has 1 aromatic rings. The summed E-state index contributed by atoms with van der Waals surface area (Å²) in [5, 5.41) is 3.39. The van der Waals surface area contributed by atoms with Gasteiger partial charge in [0.15, 0.2) is 0 Å². The summed E-state index contributed by atoms with van der Waals surface area (Å²) in [5.74, 6) is -0.539. The van der Waals surface area contributed by atoms with E-state index in [-0.39, 0.29) is 18.2 Å². The van der Waals surface area contributed by atoms with Crippen molar-refractivity contribution in [3.05, 3.63) is 29.6 Å². The van der Waals surface area contributed by atoms with Crippen LogP contribution < -0.4 is 10.2 Å². The molecule has 1 N–H and O–H groups in total. The second kappa shape index (κ2) is 9.41. The number of halogens is 1. The number of nitrogens with one attached hydrogen (secondary N) is 1. The van der Waals surface area contributed by atoms with Crippen molar-refractivity contribution in [1.82, 2.24) is 5.32 Å². The second-order valence-electron chi connectivity index (χ2n) is 5.45. The topological polar surface area (TPSA) is 41.6 Å². The van der Waals surface area contributed by atoms with E-state index in [2.05, 4.69) is 19.2 Å². The third-order valence-electron chi connectivity index (χ3n) is 3.65. The average molecular weight is 310 g/mol. The highest BCUT2D eigenvalue weighted by atomic mass is 19.1. The van der Waals surface area contributed by atoms with Crippen molar-refractivity contribution in [3.8, 4) is 0 Å². The largest absolute Gasteiger partial charge is 0.466 e. The molecule has 0 bridgehead atoms. The van der Waals surface area contributed by atoms with Crippen LogP contribution in [0.4, 0.5) is 10.1 Å². The molecule has 0 saturated carbocycles. The van der Waals surface area contributed by atoms with Crippen LogP contribution in [0.5, 0.6) is 0 Å². The highest BCUT2D eigenvalue weighted by Gasteiger charge is 2.11. The minimum absolute atomic E-state index is 0.249. The van der Waals surface area contributed by atoms with Gasteiger partial charge in [-0.05, 0) is 38.0 Å². The van der Waals surface area contributed by atoms with Crippen molar-refractivity contribution in [2.45, 2.75) is 46.2 Å². The Kier molecular flexibility index (Phi) is 7.88. The molecule has 0 heterocycles. The van der Waals surface area contributed by atoms with E-state index >= 15 is 0 Å². The number of hydrogen-bond acceptors (Lipinski definition) is 4. The first-order valence-electron chi connectivity index (χ1n) is 7.86. The van der Waals surface area contributed by atoms with Crippen LogP contribution in [0.25, 0.3) is 0 Å². The summed E-state index contributed by atoms with van der Waals surface area (Å²) in [7, 11) is 1.78. The zero-order valence-corrected chi connectivity index (χ0v) is 14.0. The van der Waals surface area contributed by atoms with Gasteiger partial charge in [0.05, 0.1) is 18.7 Å². The fourth-order valence-corrected chi connectivity index (χ4v) is 2.01. The zero-order valence-electron chi connectivity index (χ0n) is 14.0. The number of nitrogens with zero attached hydrogens (tertiary/aromatic N) is 1. The highest BCUT2D eigenvalue weighted by Crippen LogP contribution is 2.20. The van der Waals surface area contributed by atoms with Gasteiger partial charge in [0, 0.05) is 26.2 Å². The first kappa shape index (κ1) is 18.4. The summed E-state index contributed by atoms with van der Waals surface area (Å²) in [4.78, 5) is 13.1. The van der Waals surface area contributed by atoms with Crippen LogP contribution in [0.1, 0.15) is 39.2 Å². The number of ether oxygens (including phenoxy) is 1. The maximum Gasteiger partial charge on any atom is 0.307 e. The number of anilines is 1. The third-order valence-corrected chi connectivity index (χ3v) is 3.65. The van der Waals surface area contributed by atoms with Gasteiger partial charge in [-0.25, -0.2) is 4.39 Å². The summed E-state index contributed by atoms with van der Waals surface area (Å²) >= 11 is 0. The predicted molar refractivity (Wildman–Crippen MR) is 87.5 cm³/mol. The fourth-order valence-electron chi connectivity index (χ4n) is 2.01. The molecule has 0 aliphatic heterocycles. The number of carbonyl (C=O) groups is 1. The number of benzene rings is 1. The lowest BCUT2D eigenvalue weighted by Crippen LogP contribution is -2.25. The first-order valence-corrected chi connectivity index (χ1v) is 7.86. The van der Waals surface area contributed by atoms with Crippen molar-refractivity contribution in [2.75, 3.05) is 25.1 Å². The second-order valence-corrected chi connectivity index (χ2v) is 5.45. The number of hydrogen-bond donors (Lipinski definition) is 1. The third kappa shape index (κ3) is 6.02. The van der Waals surface area contributed by atoms with Crippen LogP contribution in [0.3, 0.4) is 0 Å². The van der Waals surface area contributed by atoms with Crippen molar-refractivity contribution in [1.29, 1.82) is 0 Å². The summed E-state index contributed by atoms with van der Waals surface area (Å²) in [6.45, 7) is 7.52. The molecule has 0 saturated heterocycles. The summed E-state index contributed by atoms with van der Waals surface area (Å²) in [6, 6.07) is 5.52. The van der Waals surface area contributed by atoms with Crippen molar-refractivity contribution in [3.63, 3.8) is 0 Å². The quantitative estimate of drug-likeness (QED) is 0.712. The molecule has 5 heteroatoms.